The van der Waals surface area contributed by atoms with Crippen molar-refractivity contribution in [2.24, 2.45) is 0 Å². The molecule has 2 aromatic rings. The highest BCUT2D eigenvalue weighted by Crippen LogP contribution is 2.06. The first-order valence-corrected chi connectivity index (χ1v) is 5.94. The average molecular weight is 236 g/mol. The third-order valence-corrected chi connectivity index (χ3v) is 2.68. The number of para-hydroxylation sites is 1. The summed E-state index contributed by atoms with van der Waals surface area (Å²) in [6.07, 6.45) is 0. The summed E-state index contributed by atoms with van der Waals surface area (Å²) in [5, 5.41) is 16.1. The second-order valence-corrected chi connectivity index (χ2v) is 3.59. The molecule has 0 radical (unpaired) electrons. The second kappa shape index (κ2) is 6.85. The van der Waals surface area contributed by atoms with Crippen LogP contribution in [0.15, 0.2) is 24.3 Å². The Labute approximate surface area is 102 Å². The van der Waals surface area contributed by atoms with Crippen LogP contribution in [-0.2, 0) is 0 Å². The van der Waals surface area contributed by atoms with Gasteiger partial charge in [-0.3, -0.25) is 0 Å². The molecule has 0 spiro atoms. The van der Waals surface area contributed by atoms with Crippen LogP contribution in [0.1, 0.15) is 20.8 Å². The Morgan fingerprint density at radius 3 is 2.18 bits per heavy atom. The molecular formula is C12H20N4O. The van der Waals surface area contributed by atoms with Crippen LogP contribution in [0.25, 0.3) is 11.0 Å². The van der Waals surface area contributed by atoms with Crippen molar-refractivity contribution in [3.05, 3.63) is 24.3 Å². The first-order valence-electron chi connectivity index (χ1n) is 5.94. The molecule has 0 atom stereocenters. The van der Waals surface area contributed by atoms with Gasteiger partial charge in [-0.1, -0.05) is 37.7 Å². The Hall–Kier alpha value is -1.62. The molecule has 17 heavy (non-hydrogen) atoms. The molecule has 94 valence electrons. The van der Waals surface area contributed by atoms with Crippen LogP contribution in [0.4, 0.5) is 0 Å². The fraction of sp³-hybridized carbons (Fsp3) is 0.500. The largest absolute Gasteiger partial charge is 0.410 e. The van der Waals surface area contributed by atoms with E-state index in [0.29, 0.717) is 11.0 Å². The molecule has 5 heteroatoms. The summed E-state index contributed by atoms with van der Waals surface area (Å²) in [5.74, 6) is 0. The maximum Gasteiger partial charge on any atom is 0.130 e. The van der Waals surface area contributed by atoms with Crippen molar-refractivity contribution in [2.75, 3.05) is 19.6 Å². The Balaban J connectivity index is 0.000000185. The first kappa shape index (κ1) is 13.4. The smallest absolute Gasteiger partial charge is 0.130 e. The minimum Gasteiger partial charge on any atom is -0.410 e. The van der Waals surface area contributed by atoms with Gasteiger partial charge in [-0.05, 0) is 37.0 Å². The summed E-state index contributed by atoms with van der Waals surface area (Å²) in [5.41, 5.74) is 1.33. The van der Waals surface area contributed by atoms with Crippen LogP contribution in [0.2, 0.25) is 0 Å². The Kier molecular flexibility index (Phi) is 5.42. The van der Waals surface area contributed by atoms with Crippen LogP contribution < -0.4 is 0 Å². The van der Waals surface area contributed by atoms with Gasteiger partial charge in [-0.2, -0.15) is 0 Å². The van der Waals surface area contributed by atoms with Gasteiger partial charge < -0.3 is 10.1 Å². The number of aromatic nitrogens is 3. The predicted octanol–water partition coefficient (Wildman–Crippen LogP) is 2.02. The van der Waals surface area contributed by atoms with E-state index < -0.39 is 0 Å². The van der Waals surface area contributed by atoms with Crippen molar-refractivity contribution in [3.8, 4) is 0 Å². The molecule has 0 aliphatic heterocycles. The van der Waals surface area contributed by atoms with Crippen molar-refractivity contribution in [2.45, 2.75) is 20.8 Å². The molecule has 0 fully saturated rings. The highest BCUT2D eigenvalue weighted by molar-refractivity contribution is 5.73. The molecule has 2 rings (SSSR count). The summed E-state index contributed by atoms with van der Waals surface area (Å²) in [6.45, 7) is 10.1. The zero-order chi connectivity index (χ0) is 12.7. The highest BCUT2D eigenvalue weighted by Gasteiger charge is 1.98. The van der Waals surface area contributed by atoms with Gasteiger partial charge in [0.05, 0.1) is 0 Å². The van der Waals surface area contributed by atoms with Gasteiger partial charge >= 0.3 is 0 Å². The maximum atomic E-state index is 8.95. The summed E-state index contributed by atoms with van der Waals surface area (Å²) < 4.78 is 0. The molecule has 1 heterocycles. The zero-order valence-corrected chi connectivity index (χ0v) is 10.7. The molecule has 0 aliphatic carbocycles. The van der Waals surface area contributed by atoms with Crippen molar-refractivity contribution in [1.29, 1.82) is 0 Å². The van der Waals surface area contributed by atoms with E-state index in [1.807, 2.05) is 12.1 Å². The molecule has 1 aromatic carbocycles. The van der Waals surface area contributed by atoms with Crippen LogP contribution >= 0.6 is 0 Å². The number of nitrogens with zero attached hydrogens (tertiary/aromatic N) is 4. The number of benzene rings is 1. The predicted molar refractivity (Wildman–Crippen MR) is 68.2 cm³/mol. The molecule has 1 aromatic heterocycles. The lowest BCUT2D eigenvalue weighted by atomic mass is 10.3. The average Bonchev–Trinajstić information content (AvgIpc) is 2.75. The van der Waals surface area contributed by atoms with E-state index >= 15 is 0 Å². The minimum absolute atomic E-state index is 0.627. The summed E-state index contributed by atoms with van der Waals surface area (Å²) in [4.78, 5) is 3.13. The van der Waals surface area contributed by atoms with E-state index in [1.165, 1.54) is 19.6 Å². The molecule has 0 bridgehead atoms. The highest BCUT2D eigenvalue weighted by atomic mass is 16.5. The summed E-state index contributed by atoms with van der Waals surface area (Å²) in [7, 11) is 0. The van der Waals surface area contributed by atoms with Gasteiger partial charge in [0.1, 0.15) is 11.0 Å². The topological polar surface area (TPSA) is 54.2 Å². The van der Waals surface area contributed by atoms with E-state index in [-0.39, 0.29) is 0 Å². The number of hydrogen-bond donors (Lipinski definition) is 1. The normalized spacial score (nSPS) is 10.4. The Morgan fingerprint density at radius 1 is 1.12 bits per heavy atom. The standard InChI is InChI=1S/C6H5N3O.C6H15N/c10-9-6-4-2-1-3-5(6)7-8-9;1-4-7(5-2)6-3/h1-4,10H;4-6H2,1-3H3. The van der Waals surface area contributed by atoms with E-state index in [4.69, 9.17) is 5.21 Å². The fourth-order valence-electron chi connectivity index (χ4n) is 1.53. The quantitative estimate of drug-likeness (QED) is 0.828. The van der Waals surface area contributed by atoms with Gasteiger partial charge in [-0.15, -0.1) is 5.10 Å². The number of rotatable bonds is 3. The van der Waals surface area contributed by atoms with E-state index in [1.54, 1.807) is 12.1 Å². The molecule has 0 saturated carbocycles. The fourth-order valence-corrected chi connectivity index (χ4v) is 1.53. The van der Waals surface area contributed by atoms with E-state index in [2.05, 4.69) is 36.0 Å². The van der Waals surface area contributed by atoms with Gasteiger partial charge in [0, 0.05) is 0 Å². The zero-order valence-electron chi connectivity index (χ0n) is 10.7. The molecule has 0 saturated heterocycles. The van der Waals surface area contributed by atoms with Crippen molar-refractivity contribution >= 4 is 11.0 Å². The van der Waals surface area contributed by atoms with Gasteiger partial charge in [0.15, 0.2) is 0 Å². The third kappa shape index (κ3) is 3.71. The van der Waals surface area contributed by atoms with Crippen LogP contribution in [0.3, 0.4) is 0 Å². The summed E-state index contributed by atoms with van der Waals surface area (Å²) >= 11 is 0. The van der Waals surface area contributed by atoms with Crippen molar-refractivity contribution in [3.63, 3.8) is 0 Å². The second-order valence-electron chi connectivity index (χ2n) is 3.59. The number of hydrogen-bond acceptors (Lipinski definition) is 4. The molecule has 5 nitrogen and oxygen atoms in total. The molecule has 1 N–H and O–H groups in total. The lowest BCUT2D eigenvalue weighted by molar-refractivity contribution is 0.155. The van der Waals surface area contributed by atoms with Gasteiger partial charge in [0.2, 0.25) is 0 Å². The van der Waals surface area contributed by atoms with Crippen LogP contribution in [0.5, 0.6) is 0 Å². The van der Waals surface area contributed by atoms with Gasteiger partial charge in [-0.25, -0.2) is 0 Å². The lowest BCUT2D eigenvalue weighted by Crippen LogP contribution is -2.21. The molecule has 0 unspecified atom stereocenters. The van der Waals surface area contributed by atoms with E-state index in [0.717, 1.165) is 4.85 Å². The first-order chi connectivity index (χ1) is 8.22. The molecule has 0 aliphatic rings. The Morgan fingerprint density at radius 2 is 1.71 bits per heavy atom. The number of fused-ring (bicyclic) bond motifs is 1. The molecule has 0 amide bonds. The van der Waals surface area contributed by atoms with Gasteiger partial charge in [0.25, 0.3) is 0 Å². The minimum atomic E-state index is 0.627. The third-order valence-electron chi connectivity index (χ3n) is 2.68. The van der Waals surface area contributed by atoms with Crippen LogP contribution in [0, 0.1) is 0 Å². The summed E-state index contributed by atoms with van der Waals surface area (Å²) in [6, 6.07) is 7.19. The lowest BCUT2D eigenvalue weighted by Gasteiger charge is -2.13. The van der Waals surface area contributed by atoms with E-state index in [9.17, 15) is 0 Å². The Bertz CT molecular complexity index is 431. The monoisotopic (exact) mass is 236 g/mol. The van der Waals surface area contributed by atoms with Crippen molar-refractivity contribution < 1.29 is 5.21 Å². The van der Waals surface area contributed by atoms with Crippen LogP contribution in [-0.4, -0.2) is 44.9 Å². The van der Waals surface area contributed by atoms with Crippen molar-refractivity contribution in [1.82, 2.24) is 20.1 Å². The maximum absolute atomic E-state index is 8.95. The molecular weight excluding hydrogens is 216 g/mol. The SMILES string of the molecule is CCN(CC)CC.On1nnc2ccccc21.